The van der Waals surface area contributed by atoms with Crippen molar-refractivity contribution >= 4 is 29.1 Å². The van der Waals surface area contributed by atoms with E-state index in [0.29, 0.717) is 11.8 Å². The van der Waals surface area contributed by atoms with Crippen molar-refractivity contribution in [2.75, 3.05) is 6.61 Å². The van der Waals surface area contributed by atoms with Crippen molar-refractivity contribution in [1.29, 1.82) is 0 Å². The zero-order valence-electron chi connectivity index (χ0n) is 13.2. The summed E-state index contributed by atoms with van der Waals surface area (Å²) in [5.74, 6) is 0.756. The fourth-order valence-electron chi connectivity index (χ4n) is 2.23. The maximum atomic E-state index is 12.0. The summed E-state index contributed by atoms with van der Waals surface area (Å²) in [4.78, 5) is 12.0. The Kier molecular flexibility index (Phi) is 5.28. The van der Waals surface area contributed by atoms with Gasteiger partial charge in [-0.2, -0.15) is 5.10 Å². The molecule has 3 rings (SSSR count). The van der Waals surface area contributed by atoms with Crippen LogP contribution in [0.25, 0.3) is 0 Å². The SMILES string of the molecule is CCOc1ccc(C=NN=C2NC(=O)C(c3ccccc3)S2)cc1. The molecule has 0 radical (unpaired) electrons. The molecule has 1 unspecified atom stereocenters. The predicted molar refractivity (Wildman–Crippen MR) is 97.6 cm³/mol. The van der Waals surface area contributed by atoms with Crippen molar-refractivity contribution in [2.24, 2.45) is 10.2 Å². The maximum Gasteiger partial charge on any atom is 0.244 e. The van der Waals surface area contributed by atoms with Crippen LogP contribution >= 0.6 is 11.8 Å². The molecular formula is C18H17N3O2S. The molecule has 1 aliphatic rings. The molecule has 1 aliphatic heterocycles. The van der Waals surface area contributed by atoms with Gasteiger partial charge in [-0.25, -0.2) is 0 Å². The molecule has 2 aromatic carbocycles. The highest BCUT2D eigenvalue weighted by atomic mass is 32.2. The van der Waals surface area contributed by atoms with Gasteiger partial charge in [-0.3, -0.25) is 4.79 Å². The summed E-state index contributed by atoms with van der Waals surface area (Å²) >= 11 is 1.37. The van der Waals surface area contributed by atoms with Gasteiger partial charge in [-0.15, -0.1) is 5.10 Å². The van der Waals surface area contributed by atoms with Gasteiger partial charge < -0.3 is 10.1 Å². The molecule has 2 aromatic rings. The van der Waals surface area contributed by atoms with Crippen LogP contribution in [0.5, 0.6) is 5.75 Å². The van der Waals surface area contributed by atoms with Crippen LogP contribution in [0.1, 0.15) is 23.3 Å². The first-order valence-corrected chi connectivity index (χ1v) is 8.50. The molecule has 5 nitrogen and oxygen atoms in total. The van der Waals surface area contributed by atoms with Gasteiger partial charge in [0.2, 0.25) is 5.91 Å². The highest BCUT2D eigenvalue weighted by molar-refractivity contribution is 8.15. The van der Waals surface area contributed by atoms with E-state index in [0.717, 1.165) is 16.9 Å². The lowest BCUT2D eigenvalue weighted by Crippen LogP contribution is -2.21. The molecule has 0 spiro atoms. The number of rotatable bonds is 5. The fourth-order valence-corrected chi connectivity index (χ4v) is 3.16. The Balaban J connectivity index is 1.64. The van der Waals surface area contributed by atoms with E-state index in [2.05, 4.69) is 15.5 Å². The minimum Gasteiger partial charge on any atom is -0.494 e. The molecule has 0 aromatic heterocycles. The molecule has 0 bridgehead atoms. The van der Waals surface area contributed by atoms with Gasteiger partial charge in [-0.05, 0) is 42.3 Å². The highest BCUT2D eigenvalue weighted by Gasteiger charge is 2.31. The number of nitrogens with one attached hydrogen (secondary N) is 1. The summed E-state index contributed by atoms with van der Waals surface area (Å²) < 4.78 is 5.39. The number of carbonyl (C=O) groups is 1. The van der Waals surface area contributed by atoms with Crippen LogP contribution in [0, 0.1) is 0 Å². The van der Waals surface area contributed by atoms with Crippen molar-refractivity contribution in [3.05, 3.63) is 65.7 Å². The van der Waals surface area contributed by atoms with E-state index in [1.54, 1.807) is 6.21 Å². The molecule has 24 heavy (non-hydrogen) atoms. The lowest BCUT2D eigenvalue weighted by atomic mass is 10.1. The summed E-state index contributed by atoms with van der Waals surface area (Å²) in [6.07, 6.45) is 1.64. The van der Waals surface area contributed by atoms with E-state index in [-0.39, 0.29) is 11.2 Å². The maximum absolute atomic E-state index is 12.0. The molecule has 0 saturated carbocycles. The Morgan fingerprint density at radius 3 is 2.62 bits per heavy atom. The Bertz CT molecular complexity index is 758. The number of benzene rings is 2. The number of ether oxygens (including phenoxy) is 1. The highest BCUT2D eigenvalue weighted by Crippen LogP contribution is 2.34. The minimum atomic E-state index is -0.273. The first-order chi connectivity index (χ1) is 11.8. The lowest BCUT2D eigenvalue weighted by Gasteiger charge is -2.03. The molecular weight excluding hydrogens is 322 g/mol. The molecule has 6 heteroatoms. The number of hydrogen-bond donors (Lipinski definition) is 1. The molecule has 1 atom stereocenters. The zero-order valence-corrected chi connectivity index (χ0v) is 14.0. The molecule has 1 fully saturated rings. The van der Waals surface area contributed by atoms with E-state index < -0.39 is 0 Å². The standard InChI is InChI=1S/C18H17N3O2S/c1-2-23-15-10-8-13(9-11-15)12-19-21-18-20-17(22)16(24-18)14-6-4-3-5-7-14/h3-12,16H,2H2,1H3,(H,20,21,22). The van der Waals surface area contributed by atoms with Gasteiger partial charge in [0.05, 0.1) is 12.8 Å². The van der Waals surface area contributed by atoms with Crippen LogP contribution in [0.15, 0.2) is 64.8 Å². The van der Waals surface area contributed by atoms with Gasteiger partial charge in [0.15, 0.2) is 5.17 Å². The van der Waals surface area contributed by atoms with Crippen LogP contribution < -0.4 is 10.1 Å². The largest absolute Gasteiger partial charge is 0.494 e. The molecule has 1 amide bonds. The third kappa shape index (κ3) is 4.02. The van der Waals surface area contributed by atoms with Gasteiger partial charge in [-0.1, -0.05) is 42.1 Å². The van der Waals surface area contributed by atoms with Crippen LogP contribution in [0.4, 0.5) is 0 Å². The van der Waals surface area contributed by atoms with Gasteiger partial charge in [0.1, 0.15) is 11.0 Å². The monoisotopic (exact) mass is 339 g/mol. The third-order valence-electron chi connectivity index (χ3n) is 3.35. The average molecular weight is 339 g/mol. The number of nitrogens with zero attached hydrogens (tertiary/aromatic N) is 2. The second-order valence-corrected chi connectivity index (χ2v) is 6.14. The normalized spacial score (nSPS) is 19.0. The number of amides is 1. The predicted octanol–water partition coefficient (Wildman–Crippen LogP) is 3.38. The third-order valence-corrected chi connectivity index (χ3v) is 4.48. The summed E-state index contributed by atoms with van der Waals surface area (Å²) in [6.45, 7) is 2.59. The van der Waals surface area contributed by atoms with Gasteiger partial charge in [0, 0.05) is 0 Å². The second-order valence-electron chi connectivity index (χ2n) is 5.05. The van der Waals surface area contributed by atoms with Crippen molar-refractivity contribution in [3.63, 3.8) is 0 Å². The first kappa shape index (κ1) is 16.3. The zero-order chi connectivity index (χ0) is 16.8. The van der Waals surface area contributed by atoms with E-state index in [4.69, 9.17) is 4.74 Å². The van der Waals surface area contributed by atoms with Gasteiger partial charge in [0.25, 0.3) is 0 Å². The molecule has 0 aliphatic carbocycles. The Morgan fingerprint density at radius 1 is 1.17 bits per heavy atom. The summed E-state index contributed by atoms with van der Waals surface area (Å²) in [6, 6.07) is 17.2. The van der Waals surface area contributed by atoms with Crippen LogP contribution in [-0.2, 0) is 4.79 Å². The fraction of sp³-hybridized carbons (Fsp3) is 0.167. The number of hydrogen-bond acceptors (Lipinski definition) is 5. The van der Waals surface area contributed by atoms with E-state index in [9.17, 15) is 4.79 Å². The number of carbonyl (C=O) groups excluding carboxylic acids is 1. The smallest absolute Gasteiger partial charge is 0.244 e. The first-order valence-electron chi connectivity index (χ1n) is 7.62. The number of thioether (sulfide) groups is 1. The van der Waals surface area contributed by atoms with E-state index >= 15 is 0 Å². The van der Waals surface area contributed by atoms with Crippen LogP contribution in [-0.4, -0.2) is 23.9 Å². The van der Waals surface area contributed by atoms with Crippen LogP contribution in [0.3, 0.4) is 0 Å². The van der Waals surface area contributed by atoms with Crippen molar-refractivity contribution in [1.82, 2.24) is 5.32 Å². The van der Waals surface area contributed by atoms with E-state index in [1.807, 2.05) is 61.5 Å². The Hall–Kier alpha value is -2.60. The summed E-state index contributed by atoms with van der Waals surface area (Å²) in [7, 11) is 0. The molecule has 122 valence electrons. The topological polar surface area (TPSA) is 63.1 Å². The molecule has 1 heterocycles. The number of amidine groups is 1. The quantitative estimate of drug-likeness (QED) is 0.671. The van der Waals surface area contributed by atoms with Crippen molar-refractivity contribution in [3.8, 4) is 5.75 Å². The Labute approximate surface area is 144 Å². The van der Waals surface area contributed by atoms with Crippen molar-refractivity contribution < 1.29 is 9.53 Å². The van der Waals surface area contributed by atoms with E-state index in [1.165, 1.54) is 11.8 Å². The summed E-state index contributed by atoms with van der Waals surface area (Å²) in [5, 5.41) is 11.1. The average Bonchev–Trinajstić information content (AvgIpc) is 2.98. The van der Waals surface area contributed by atoms with Crippen molar-refractivity contribution in [2.45, 2.75) is 12.2 Å². The molecule has 1 N–H and O–H groups in total. The minimum absolute atomic E-state index is 0.0683. The Morgan fingerprint density at radius 2 is 1.92 bits per heavy atom. The lowest BCUT2D eigenvalue weighted by molar-refractivity contribution is -0.118. The van der Waals surface area contributed by atoms with Crippen LogP contribution in [0.2, 0.25) is 0 Å². The molecule has 1 saturated heterocycles. The summed E-state index contributed by atoms with van der Waals surface area (Å²) in [5.41, 5.74) is 1.87. The second kappa shape index (κ2) is 7.79. The van der Waals surface area contributed by atoms with Gasteiger partial charge >= 0.3 is 0 Å².